The summed E-state index contributed by atoms with van der Waals surface area (Å²) >= 11 is 1.31. The molecule has 1 aromatic heterocycles. The van der Waals surface area contributed by atoms with Gasteiger partial charge < -0.3 is 19.3 Å². The van der Waals surface area contributed by atoms with Crippen LogP contribution < -0.4 is 14.9 Å². The van der Waals surface area contributed by atoms with Gasteiger partial charge in [-0.15, -0.1) is 11.3 Å². The summed E-state index contributed by atoms with van der Waals surface area (Å²) in [5, 5.41) is 16.4. The van der Waals surface area contributed by atoms with E-state index in [4.69, 9.17) is 14.2 Å². The number of nitrogens with zero attached hydrogens (tertiary/aromatic N) is 2. The summed E-state index contributed by atoms with van der Waals surface area (Å²) in [7, 11) is 2.97. The molecule has 0 spiro atoms. The Kier molecular flexibility index (Phi) is 6.58. The number of esters is 1. The lowest BCUT2D eigenvalue weighted by molar-refractivity contribution is -0.142. The maximum Gasteiger partial charge on any atom is 0.311 e. The lowest BCUT2D eigenvalue weighted by atomic mass is 10.2. The number of phenolic OH excluding ortho intramolecular Hbond substituents is 1. The minimum Gasteiger partial charge on any atom is -0.504 e. The van der Waals surface area contributed by atoms with Gasteiger partial charge in [0.2, 0.25) is 5.13 Å². The first-order chi connectivity index (χ1) is 12.1. The van der Waals surface area contributed by atoms with E-state index in [1.54, 1.807) is 24.4 Å². The van der Waals surface area contributed by atoms with E-state index in [0.29, 0.717) is 28.7 Å². The van der Waals surface area contributed by atoms with Crippen LogP contribution in [-0.4, -0.2) is 43.1 Å². The Bertz CT molecular complexity index is 760. The first-order valence-corrected chi connectivity index (χ1v) is 8.29. The molecule has 0 bridgehead atoms. The number of benzene rings is 1. The van der Waals surface area contributed by atoms with Gasteiger partial charge in [-0.05, 0) is 13.0 Å². The number of rotatable bonds is 8. The predicted octanol–water partition coefficient (Wildman–Crippen LogP) is 2.42. The van der Waals surface area contributed by atoms with Crippen molar-refractivity contribution in [3.8, 4) is 17.2 Å². The van der Waals surface area contributed by atoms with Crippen molar-refractivity contribution in [2.24, 2.45) is 5.10 Å². The number of anilines is 1. The molecular weight excluding hydrogens is 346 g/mol. The van der Waals surface area contributed by atoms with E-state index < -0.39 is 0 Å². The number of methoxy groups -OCH3 is 2. The Hall–Kier alpha value is -2.81. The van der Waals surface area contributed by atoms with Gasteiger partial charge in [0.15, 0.2) is 11.5 Å². The number of carbonyl (C=O) groups is 1. The Balaban J connectivity index is 2.04. The van der Waals surface area contributed by atoms with Gasteiger partial charge in [0.1, 0.15) is 5.75 Å². The van der Waals surface area contributed by atoms with Gasteiger partial charge in [0, 0.05) is 17.0 Å². The Morgan fingerprint density at radius 3 is 2.88 bits per heavy atom. The Morgan fingerprint density at radius 1 is 1.40 bits per heavy atom. The van der Waals surface area contributed by atoms with Crippen molar-refractivity contribution >= 4 is 28.7 Å². The number of carbonyl (C=O) groups excluding carboxylic acids is 1. The molecule has 0 atom stereocenters. The summed E-state index contributed by atoms with van der Waals surface area (Å²) < 4.78 is 15.1. The second kappa shape index (κ2) is 8.88. The Labute approximate surface area is 149 Å². The van der Waals surface area contributed by atoms with Crippen molar-refractivity contribution in [1.82, 2.24) is 4.98 Å². The number of hydrogen-bond donors (Lipinski definition) is 2. The SMILES string of the molecule is CCOC(=O)Cc1csc(NN=Cc2cc(OC)cc(OC)c2O)n1. The van der Waals surface area contributed by atoms with E-state index >= 15 is 0 Å². The maximum absolute atomic E-state index is 11.4. The molecule has 8 nitrogen and oxygen atoms in total. The molecular formula is C16H19N3O5S. The topological polar surface area (TPSA) is 102 Å². The van der Waals surface area contributed by atoms with Crippen molar-refractivity contribution in [2.75, 3.05) is 26.3 Å². The quantitative estimate of drug-likeness (QED) is 0.421. The van der Waals surface area contributed by atoms with E-state index in [-0.39, 0.29) is 23.9 Å². The number of thiazole rings is 1. The largest absolute Gasteiger partial charge is 0.504 e. The highest BCUT2D eigenvalue weighted by Crippen LogP contribution is 2.33. The van der Waals surface area contributed by atoms with E-state index in [2.05, 4.69) is 15.5 Å². The summed E-state index contributed by atoms with van der Waals surface area (Å²) in [6.07, 6.45) is 1.54. The summed E-state index contributed by atoms with van der Waals surface area (Å²) in [6, 6.07) is 3.19. The summed E-state index contributed by atoms with van der Waals surface area (Å²) in [5.74, 6) is 0.445. The highest BCUT2D eigenvalue weighted by atomic mass is 32.1. The molecule has 2 N–H and O–H groups in total. The van der Waals surface area contributed by atoms with Gasteiger partial charge in [0.25, 0.3) is 0 Å². The van der Waals surface area contributed by atoms with E-state index in [1.165, 1.54) is 31.8 Å². The van der Waals surface area contributed by atoms with Gasteiger partial charge in [0.05, 0.1) is 39.2 Å². The summed E-state index contributed by atoms with van der Waals surface area (Å²) in [4.78, 5) is 15.7. The van der Waals surface area contributed by atoms with Crippen LogP contribution in [0.3, 0.4) is 0 Å². The van der Waals surface area contributed by atoms with Crippen LogP contribution in [0.2, 0.25) is 0 Å². The monoisotopic (exact) mass is 365 g/mol. The van der Waals surface area contributed by atoms with Gasteiger partial charge in [-0.1, -0.05) is 0 Å². The third-order valence-corrected chi connectivity index (χ3v) is 3.88. The number of ether oxygens (including phenoxy) is 3. The molecule has 25 heavy (non-hydrogen) atoms. The van der Waals surface area contributed by atoms with Crippen LogP contribution in [0.15, 0.2) is 22.6 Å². The molecule has 0 unspecified atom stereocenters. The van der Waals surface area contributed by atoms with Gasteiger partial charge in [-0.3, -0.25) is 10.2 Å². The number of hydrogen-bond acceptors (Lipinski definition) is 9. The average Bonchev–Trinajstić information content (AvgIpc) is 3.03. The van der Waals surface area contributed by atoms with Crippen LogP contribution in [0.1, 0.15) is 18.2 Å². The molecule has 0 saturated heterocycles. The number of nitrogens with one attached hydrogen (secondary N) is 1. The van der Waals surface area contributed by atoms with Gasteiger partial charge in [-0.2, -0.15) is 5.10 Å². The zero-order valence-electron chi connectivity index (χ0n) is 14.1. The van der Waals surface area contributed by atoms with Crippen LogP contribution in [0.4, 0.5) is 5.13 Å². The molecule has 0 saturated carbocycles. The molecule has 1 heterocycles. The predicted molar refractivity (Wildman–Crippen MR) is 94.9 cm³/mol. The lowest BCUT2D eigenvalue weighted by Gasteiger charge is -2.08. The van der Waals surface area contributed by atoms with Crippen LogP contribution >= 0.6 is 11.3 Å². The zero-order valence-corrected chi connectivity index (χ0v) is 14.9. The second-order valence-electron chi connectivity index (χ2n) is 4.76. The standard InChI is InChI=1S/C16H19N3O5S/c1-4-24-14(20)6-11-9-25-16(18-11)19-17-8-10-5-12(22-2)7-13(23-3)15(10)21/h5,7-9,21H,4,6H2,1-3H3,(H,18,19). The molecule has 0 radical (unpaired) electrons. The van der Waals surface area contributed by atoms with E-state index in [0.717, 1.165) is 0 Å². The fourth-order valence-electron chi connectivity index (χ4n) is 1.93. The first-order valence-electron chi connectivity index (χ1n) is 7.41. The third-order valence-electron chi connectivity index (χ3n) is 3.08. The zero-order chi connectivity index (χ0) is 18.2. The van der Waals surface area contributed by atoms with Crippen LogP contribution in [0.25, 0.3) is 0 Å². The highest BCUT2D eigenvalue weighted by molar-refractivity contribution is 7.13. The van der Waals surface area contributed by atoms with Crippen molar-refractivity contribution in [1.29, 1.82) is 0 Å². The minimum atomic E-state index is -0.323. The normalized spacial score (nSPS) is 10.7. The average molecular weight is 365 g/mol. The molecule has 0 aliphatic heterocycles. The van der Waals surface area contributed by atoms with Crippen molar-refractivity contribution < 1.29 is 24.1 Å². The maximum atomic E-state index is 11.4. The number of aromatic nitrogens is 1. The van der Waals surface area contributed by atoms with Crippen LogP contribution in [0.5, 0.6) is 17.2 Å². The molecule has 9 heteroatoms. The second-order valence-corrected chi connectivity index (χ2v) is 5.62. The van der Waals surface area contributed by atoms with Crippen molar-refractivity contribution in [3.63, 3.8) is 0 Å². The highest BCUT2D eigenvalue weighted by Gasteiger charge is 2.10. The van der Waals surface area contributed by atoms with Gasteiger partial charge >= 0.3 is 5.97 Å². The molecule has 134 valence electrons. The van der Waals surface area contributed by atoms with Crippen LogP contribution in [0, 0.1) is 0 Å². The molecule has 2 rings (SSSR count). The van der Waals surface area contributed by atoms with Crippen molar-refractivity contribution in [2.45, 2.75) is 13.3 Å². The summed E-state index contributed by atoms with van der Waals surface area (Å²) in [6.45, 7) is 2.09. The minimum absolute atomic E-state index is 0.0454. The fourth-order valence-corrected chi connectivity index (χ4v) is 2.59. The molecule has 0 aliphatic rings. The van der Waals surface area contributed by atoms with Crippen LogP contribution in [-0.2, 0) is 16.0 Å². The number of hydrazone groups is 1. The number of aromatic hydroxyl groups is 1. The lowest BCUT2D eigenvalue weighted by Crippen LogP contribution is -2.07. The van der Waals surface area contributed by atoms with E-state index in [1.807, 2.05) is 0 Å². The smallest absolute Gasteiger partial charge is 0.311 e. The van der Waals surface area contributed by atoms with E-state index in [9.17, 15) is 9.90 Å². The molecule has 0 aliphatic carbocycles. The van der Waals surface area contributed by atoms with Gasteiger partial charge in [-0.25, -0.2) is 4.98 Å². The third kappa shape index (κ3) is 5.08. The fraction of sp³-hybridized carbons (Fsp3) is 0.312. The molecule has 2 aromatic rings. The molecule has 0 amide bonds. The Morgan fingerprint density at radius 2 is 2.20 bits per heavy atom. The number of phenols is 1. The molecule has 1 aromatic carbocycles. The summed E-state index contributed by atoms with van der Waals surface area (Å²) in [5.41, 5.74) is 3.78. The molecule has 0 fully saturated rings. The van der Waals surface area contributed by atoms with Crippen molar-refractivity contribution in [3.05, 3.63) is 28.8 Å². The first kappa shape index (κ1) is 18.5.